The molecular formula is C23H25ClFN5O4S. The lowest BCUT2D eigenvalue weighted by atomic mass is 10.2. The number of benzene rings is 1. The number of likely N-dealkylation sites (N-methyl/N-ethyl adjacent to an activating group) is 1. The molecule has 1 amide bonds. The number of hydrogen-bond acceptors (Lipinski definition) is 6. The van der Waals surface area contributed by atoms with E-state index in [1.165, 1.54) is 36.5 Å². The van der Waals surface area contributed by atoms with Crippen molar-refractivity contribution < 1.29 is 22.3 Å². The smallest absolute Gasteiger partial charge is 0.257 e. The molecule has 0 saturated carbocycles. The van der Waals surface area contributed by atoms with Gasteiger partial charge in [0, 0.05) is 43.1 Å². The predicted octanol–water partition coefficient (Wildman–Crippen LogP) is 3.59. The van der Waals surface area contributed by atoms with Gasteiger partial charge in [0.15, 0.2) is 5.82 Å². The van der Waals surface area contributed by atoms with Crippen LogP contribution in [0.5, 0.6) is 5.75 Å². The third kappa shape index (κ3) is 6.30. The lowest BCUT2D eigenvalue weighted by molar-refractivity contribution is 0.102. The fourth-order valence-corrected chi connectivity index (χ4v) is 4.70. The van der Waals surface area contributed by atoms with Crippen molar-refractivity contribution in [1.82, 2.24) is 14.5 Å². The van der Waals surface area contributed by atoms with Crippen molar-refractivity contribution in [2.75, 3.05) is 36.4 Å². The molecule has 35 heavy (non-hydrogen) atoms. The molecule has 1 aliphatic rings. The molecular weight excluding hydrogens is 497 g/mol. The third-order valence-electron chi connectivity index (χ3n) is 5.44. The highest BCUT2D eigenvalue weighted by atomic mass is 35.5. The van der Waals surface area contributed by atoms with E-state index >= 15 is 0 Å². The fourth-order valence-electron chi connectivity index (χ4n) is 3.92. The number of carbonyl (C=O) groups excluding carboxylic acids is 1. The molecule has 186 valence electrons. The minimum Gasteiger partial charge on any atom is -0.487 e. The van der Waals surface area contributed by atoms with Crippen LogP contribution in [0.1, 0.15) is 16.8 Å². The van der Waals surface area contributed by atoms with E-state index in [-0.39, 0.29) is 28.1 Å². The fraction of sp³-hybridized carbons (Fsp3) is 0.304. The highest BCUT2D eigenvalue weighted by Crippen LogP contribution is 2.28. The topological polar surface area (TPSA) is 106 Å². The summed E-state index contributed by atoms with van der Waals surface area (Å²) >= 11 is 6.06. The zero-order chi connectivity index (χ0) is 25.3. The van der Waals surface area contributed by atoms with Gasteiger partial charge in [0.25, 0.3) is 5.91 Å². The predicted molar refractivity (Wildman–Crippen MR) is 133 cm³/mol. The monoisotopic (exact) mass is 521 g/mol. The highest BCUT2D eigenvalue weighted by Gasteiger charge is 2.22. The summed E-state index contributed by atoms with van der Waals surface area (Å²) in [5.41, 5.74) is 1.26. The van der Waals surface area contributed by atoms with Crippen molar-refractivity contribution >= 4 is 38.9 Å². The van der Waals surface area contributed by atoms with Gasteiger partial charge in [0.05, 0.1) is 29.4 Å². The number of ether oxygens (including phenoxy) is 1. The number of hydrogen-bond donors (Lipinski definition) is 2. The summed E-state index contributed by atoms with van der Waals surface area (Å²) in [6.07, 6.45) is 4.90. The summed E-state index contributed by atoms with van der Waals surface area (Å²) in [5, 5.41) is 2.91. The molecule has 9 nitrogen and oxygen atoms in total. The Morgan fingerprint density at radius 3 is 2.60 bits per heavy atom. The van der Waals surface area contributed by atoms with Crippen LogP contribution < -0.4 is 14.8 Å². The number of sulfonamides is 1. The van der Waals surface area contributed by atoms with E-state index in [0.29, 0.717) is 17.1 Å². The van der Waals surface area contributed by atoms with Crippen molar-refractivity contribution in [3.05, 3.63) is 59.1 Å². The molecule has 1 fully saturated rings. The van der Waals surface area contributed by atoms with Gasteiger partial charge < -0.3 is 19.5 Å². The minimum absolute atomic E-state index is 0.00275. The molecule has 0 radical (unpaired) electrons. The molecule has 3 aromatic rings. The van der Waals surface area contributed by atoms with Crippen molar-refractivity contribution in [2.45, 2.75) is 12.5 Å². The van der Waals surface area contributed by atoms with Gasteiger partial charge in [-0.25, -0.2) is 17.8 Å². The zero-order valence-electron chi connectivity index (χ0n) is 19.4. The largest absolute Gasteiger partial charge is 0.487 e. The van der Waals surface area contributed by atoms with Gasteiger partial charge >= 0.3 is 0 Å². The van der Waals surface area contributed by atoms with E-state index < -0.39 is 21.7 Å². The normalized spacial score (nSPS) is 16.3. The number of nitrogens with zero attached hydrogens (tertiary/aromatic N) is 3. The Bertz CT molecular complexity index is 1380. The molecule has 2 aromatic heterocycles. The van der Waals surface area contributed by atoms with Gasteiger partial charge in [-0.05, 0) is 37.7 Å². The van der Waals surface area contributed by atoms with E-state index in [1.54, 1.807) is 17.8 Å². The zero-order valence-corrected chi connectivity index (χ0v) is 21.0. The van der Waals surface area contributed by atoms with Crippen molar-refractivity contribution in [2.24, 2.45) is 7.05 Å². The second-order valence-electron chi connectivity index (χ2n) is 8.57. The van der Waals surface area contributed by atoms with Crippen LogP contribution in [-0.4, -0.2) is 61.3 Å². The Hall–Kier alpha value is -3.15. The van der Waals surface area contributed by atoms with Gasteiger partial charge in [-0.2, -0.15) is 0 Å². The summed E-state index contributed by atoms with van der Waals surface area (Å²) in [6.45, 7) is 1.70. The van der Waals surface area contributed by atoms with E-state index in [1.807, 2.05) is 7.05 Å². The van der Waals surface area contributed by atoms with Gasteiger partial charge in [-0.15, -0.1) is 0 Å². The molecule has 12 heteroatoms. The van der Waals surface area contributed by atoms with Crippen molar-refractivity contribution in [3.63, 3.8) is 0 Å². The first-order valence-electron chi connectivity index (χ1n) is 10.7. The van der Waals surface area contributed by atoms with Crippen LogP contribution >= 0.6 is 11.6 Å². The minimum atomic E-state index is -3.52. The molecule has 1 aromatic carbocycles. The molecule has 0 aliphatic carbocycles. The maximum Gasteiger partial charge on any atom is 0.257 e. The summed E-state index contributed by atoms with van der Waals surface area (Å²) in [4.78, 5) is 19.2. The number of rotatable bonds is 7. The Morgan fingerprint density at radius 1 is 1.20 bits per heavy atom. The van der Waals surface area contributed by atoms with Gasteiger partial charge in [0.2, 0.25) is 10.0 Å². The van der Waals surface area contributed by atoms with E-state index in [9.17, 15) is 17.6 Å². The summed E-state index contributed by atoms with van der Waals surface area (Å²) in [5.74, 6) is -0.684. The Morgan fingerprint density at radius 2 is 1.94 bits per heavy atom. The van der Waals surface area contributed by atoms with E-state index in [4.69, 9.17) is 16.3 Å². The SMILES string of the molecule is CN1CC[C@@H](Oc2cnc(-c3cc(C(=O)Nc4cc(Cl)cc(NS(C)(=O)=O)c4)cn3C)c(F)c2)C1. The molecule has 3 heterocycles. The number of aryl methyl sites for hydroxylation is 1. The van der Waals surface area contributed by atoms with Gasteiger partial charge in [-0.3, -0.25) is 9.52 Å². The number of amides is 1. The molecule has 0 bridgehead atoms. The van der Waals surface area contributed by atoms with Crippen LogP contribution in [0.25, 0.3) is 11.4 Å². The molecule has 0 spiro atoms. The van der Waals surface area contributed by atoms with Crippen LogP contribution in [0.4, 0.5) is 15.8 Å². The number of carbonyl (C=O) groups is 1. The first-order chi connectivity index (χ1) is 16.5. The maximum atomic E-state index is 14.9. The number of anilines is 2. The summed E-state index contributed by atoms with van der Waals surface area (Å²) in [6, 6.07) is 7.17. The van der Waals surface area contributed by atoms with E-state index in [0.717, 1.165) is 25.8 Å². The molecule has 1 atom stereocenters. The molecule has 2 N–H and O–H groups in total. The van der Waals surface area contributed by atoms with Crippen molar-refractivity contribution in [1.29, 1.82) is 0 Å². The van der Waals surface area contributed by atoms with Crippen LogP contribution in [-0.2, 0) is 17.1 Å². The Balaban J connectivity index is 1.51. The van der Waals surface area contributed by atoms with Crippen LogP contribution in [0.3, 0.4) is 0 Å². The number of nitrogens with one attached hydrogen (secondary N) is 2. The average molecular weight is 522 g/mol. The lowest BCUT2D eigenvalue weighted by Crippen LogP contribution is -2.21. The second kappa shape index (κ2) is 9.84. The Labute approximate surface area is 207 Å². The van der Waals surface area contributed by atoms with E-state index in [2.05, 4.69) is 19.9 Å². The summed E-state index contributed by atoms with van der Waals surface area (Å²) < 4.78 is 47.7. The summed E-state index contributed by atoms with van der Waals surface area (Å²) in [7, 11) is 0.167. The molecule has 4 rings (SSSR count). The van der Waals surface area contributed by atoms with Crippen LogP contribution in [0, 0.1) is 5.82 Å². The average Bonchev–Trinajstić information content (AvgIpc) is 3.31. The van der Waals surface area contributed by atoms with Crippen LogP contribution in [0.15, 0.2) is 42.7 Å². The quantitative estimate of drug-likeness (QED) is 0.492. The second-order valence-corrected chi connectivity index (χ2v) is 10.8. The van der Waals surface area contributed by atoms with Gasteiger partial charge in [-0.1, -0.05) is 11.6 Å². The lowest BCUT2D eigenvalue weighted by Gasteiger charge is -2.14. The number of likely N-dealkylation sites (tertiary alicyclic amines) is 1. The maximum absolute atomic E-state index is 14.9. The van der Waals surface area contributed by atoms with Gasteiger partial charge in [0.1, 0.15) is 17.5 Å². The molecule has 1 saturated heterocycles. The number of aromatic nitrogens is 2. The number of pyridine rings is 1. The highest BCUT2D eigenvalue weighted by molar-refractivity contribution is 7.92. The standard InChI is InChI=1S/C23H25ClFN5O4S/c1-29-5-4-18(13-29)34-19-10-20(25)22(26-11-19)21-6-14(12-30(21)2)23(31)27-16-7-15(24)8-17(9-16)28-35(3,32)33/h6-12,18,28H,4-5,13H2,1-3H3,(H,27,31)/t18-/m1/s1. The number of halogens is 2. The first-order valence-corrected chi connectivity index (χ1v) is 13.0. The van der Waals surface area contributed by atoms with Crippen molar-refractivity contribution in [3.8, 4) is 17.1 Å². The molecule has 1 aliphatic heterocycles. The van der Waals surface area contributed by atoms with Crippen LogP contribution in [0.2, 0.25) is 5.02 Å². The first kappa shape index (κ1) is 25.0. The molecule has 0 unspecified atom stereocenters. The Kier molecular flexibility index (Phi) is 7.02. The third-order valence-corrected chi connectivity index (χ3v) is 6.26.